The molecule has 1 unspecified atom stereocenters. The number of aromatic nitrogens is 4. The van der Waals surface area contributed by atoms with Crippen LogP contribution in [0.4, 0.5) is 11.6 Å². The maximum Gasteiger partial charge on any atom is 0.320 e. The molecule has 5 heterocycles. The first-order valence-electron chi connectivity index (χ1n) is 14.9. The molecule has 43 heavy (non-hydrogen) atoms. The van der Waals surface area contributed by atoms with E-state index < -0.39 is 0 Å². The van der Waals surface area contributed by atoms with E-state index in [0.29, 0.717) is 49.7 Å². The highest BCUT2D eigenvalue weighted by molar-refractivity contribution is 5.87. The predicted octanol–water partition coefficient (Wildman–Crippen LogP) is 3.21. The molecule has 1 amide bonds. The Morgan fingerprint density at radius 1 is 1.23 bits per heavy atom. The minimum absolute atomic E-state index is 0.140. The van der Waals surface area contributed by atoms with Crippen LogP contribution in [0.15, 0.2) is 31.0 Å². The lowest BCUT2D eigenvalue weighted by atomic mass is 9.92. The number of nitriles is 1. The van der Waals surface area contributed by atoms with Gasteiger partial charge in [-0.1, -0.05) is 12.6 Å². The zero-order chi connectivity index (χ0) is 30.2. The van der Waals surface area contributed by atoms with Gasteiger partial charge in [-0.05, 0) is 63.6 Å². The van der Waals surface area contributed by atoms with Crippen molar-refractivity contribution in [1.29, 1.82) is 5.26 Å². The van der Waals surface area contributed by atoms with E-state index in [-0.39, 0.29) is 36.5 Å². The number of hydrogen-bond donors (Lipinski definition) is 1. The fourth-order valence-electron chi connectivity index (χ4n) is 6.79. The zero-order valence-electron chi connectivity index (χ0n) is 25.3. The first-order chi connectivity index (χ1) is 20.8. The Morgan fingerprint density at radius 3 is 2.79 bits per heavy atom. The number of rotatable bonds is 7. The largest absolute Gasteiger partial charge is 0.481 e. The third-order valence-electron chi connectivity index (χ3n) is 9.13. The van der Waals surface area contributed by atoms with Crippen LogP contribution >= 0.6 is 0 Å². The molecule has 1 N–H and O–H groups in total. The van der Waals surface area contributed by atoms with Crippen molar-refractivity contribution >= 4 is 28.4 Å². The van der Waals surface area contributed by atoms with Gasteiger partial charge in [0.25, 0.3) is 0 Å². The number of H-pyrrole nitrogens is 1. The van der Waals surface area contributed by atoms with Gasteiger partial charge in [0, 0.05) is 38.1 Å². The molecule has 6 rings (SSSR count). The second-order valence-corrected chi connectivity index (χ2v) is 11.8. The van der Waals surface area contributed by atoms with E-state index in [4.69, 9.17) is 19.4 Å². The van der Waals surface area contributed by atoms with Gasteiger partial charge < -0.3 is 29.1 Å². The van der Waals surface area contributed by atoms with Crippen LogP contribution in [0.5, 0.6) is 11.8 Å². The number of hydrogen-bond acceptors (Lipinski definition) is 10. The average Bonchev–Trinajstić information content (AvgIpc) is 3.65. The van der Waals surface area contributed by atoms with E-state index in [9.17, 15) is 10.1 Å². The normalized spacial score (nSPS) is 24.0. The number of aryl methyl sites for hydroxylation is 1. The lowest BCUT2D eigenvalue weighted by Gasteiger charge is -2.44. The quantitative estimate of drug-likeness (QED) is 0.413. The number of anilines is 2. The topological polar surface area (TPSA) is 127 Å². The Hall–Kier alpha value is -4.37. The standard InChI is InChI=1S/C31H39N9O3/c1-6-25(41)40-15-14-39(17-21(40)11-12-32)30-28-29(34-31(35-30)42-18-22-8-7-13-37(22)4)38(5)27(20(3)43-28)26-19(2)9-10-24-23(26)16-33-36-24/h6,9-10,16,20-22,27H,1,7-8,11,13-15,17-18H2,2-5H3,(H,33,36)/t20-,21-,22-,27?/m0/s1. The number of piperazine rings is 1. The van der Waals surface area contributed by atoms with Gasteiger partial charge in [-0.15, -0.1) is 0 Å². The second-order valence-electron chi connectivity index (χ2n) is 11.8. The van der Waals surface area contributed by atoms with Gasteiger partial charge in [-0.3, -0.25) is 9.89 Å². The summed E-state index contributed by atoms with van der Waals surface area (Å²) in [5.74, 6) is 1.66. The molecule has 4 atom stereocenters. The van der Waals surface area contributed by atoms with Crippen LogP contribution in [0.25, 0.3) is 10.9 Å². The second kappa shape index (κ2) is 11.7. The molecular weight excluding hydrogens is 546 g/mol. The number of amides is 1. The summed E-state index contributed by atoms with van der Waals surface area (Å²) in [6.45, 7) is 10.7. The number of ether oxygens (including phenoxy) is 2. The highest BCUT2D eigenvalue weighted by atomic mass is 16.5. The van der Waals surface area contributed by atoms with Gasteiger partial charge in [-0.25, -0.2) is 0 Å². The summed E-state index contributed by atoms with van der Waals surface area (Å²) >= 11 is 0. The first-order valence-corrected chi connectivity index (χ1v) is 14.9. The molecule has 0 saturated carbocycles. The Bertz CT molecular complexity index is 1570. The minimum atomic E-state index is -0.306. The number of aromatic amines is 1. The van der Waals surface area contributed by atoms with Crippen LogP contribution in [0.3, 0.4) is 0 Å². The molecule has 226 valence electrons. The summed E-state index contributed by atoms with van der Waals surface area (Å²) in [6.07, 6.45) is 5.35. The molecule has 3 aromatic rings. The molecule has 12 nitrogen and oxygen atoms in total. The molecule has 1 aromatic carbocycles. The van der Waals surface area contributed by atoms with Gasteiger partial charge in [0.2, 0.25) is 11.7 Å². The van der Waals surface area contributed by atoms with E-state index >= 15 is 0 Å². The fourth-order valence-corrected chi connectivity index (χ4v) is 6.79. The smallest absolute Gasteiger partial charge is 0.320 e. The Morgan fingerprint density at radius 2 is 2.05 bits per heavy atom. The van der Waals surface area contributed by atoms with E-state index in [1.807, 2.05) is 19.3 Å². The summed E-state index contributed by atoms with van der Waals surface area (Å²) in [6, 6.07) is 6.53. The molecule has 12 heteroatoms. The van der Waals surface area contributed by atoms with E-state index in [2.05, 4.69) is 64.5 Å². The Balaban J connectivity index is 1.40. The summed E-state index contributed by atoms with van der Waals surface area (Å²) < 4.78 is 13.0. The predicted molar refractivity (Wildman–Crippen MR) is 163 cm³/mol. The maximum atomic E-state index is 12.6. The number of fused-ring (bicyclic) bond motifs is 2. The number of likely N-dealkylation sites (N-methyl/N-ethyl adjacent to an activating group) is 2. The zero-order valence-corrected chi connectivity index (χ0v) is 25.3. The maximum absolute atomic E-state index is 12.6. The van der Waals surface area contributed by atoms with Crippen molar-refractivity contribution in [1.82, 2.24) is 30.0 Å². The summed E-state index contributed by atoms with van der Waals surface area (Å²) in [5.41, 5.74) is 3.24. The number of carbonyl (C=O) groups is 1. The van der Waals surface area contributed by atoms with Crippen molar-refractivity contribution in [3.63, 3.8) is 0 Å². The van der Waals surface area contributed by atoms with E-state index in [0.717, 1.165) is 41.4 Å². The van der Waals surface area contributed by atoms with Gasteiger partial charge in [0.1, 0.15) is 12.7 Å². The Labute approximate surface area is 251 Å². The molecule has 2 aromatic heterocycles. The number of benzene rings is 1. The molecule has 2 saturated heterocycles. The van der Waals surface area contributed by atoms with Crippen LogP contribution in [0.2, 0.25) is 0 Å². The molecule has 0 bridgehead atoms. The fraction of sp³-hybridized carbons (Fsp3) is 0.516. The summed E-state index contributed by atoms with van der Waals surface area (Å²) in [7, 11) is 4.15. The average molecular weight is 586 g/mol. The number of carbonyl (C=O) groups excluding carboxylic acids is 1. The van der Waals surface area contributed by atoms with Gasteiger partial charge in [-0.2, -0.15) is 20.3 Å². The van der Waals surface area contributed by atoms with Crippen molar-refractivity contribution in [3.8, 4) is 17.8 Å². The third kappa shape index (κ3) is 5.22. The number of nitrogens with zero attached hydrogens (tertiary/aromatic N) is 8. The lowest BCUT2D eigenvalue weighted by molar-refractivity contribution is -0.128. The van der Waals surface area contributed by atoms with Crippen LogP contribution in [-0.4, -0.2) is 101 Å². The van der Waals surface area contributed by atoms with Crippen LogP contribution in [-0.2, 0) is 4.79 Å². The molecular formula is C31H39N9O3. The van der Waals surface area contributed by atoms with Crippen LogP contribution in [0.1, 0.15) is 43.4 Å². The third-order valence-corrected chi connectivity index (χ3v) is 9.13. The molecule has 0 radical (unpaired) electrons. The number of likely N-dealkylation sites (tertiary alicyclic amines) is 1. The van der Waals surface area contributed by atoms with Crippen molar-refractivity contribution < 1.29 is 14.3 Å². The van der Waals surface area contributed by atoms with Crippen LogP contribution < -0.4 is 19.3 Å². The highest BCUT2D eigenvalue weighted by Gasteiger charge is 2.40. The first kappa shape index (κ1) is 28.7. The SMILES string of the molecule is C=CC(=O)N1CCN(c2nc(OC[C@@H]3CCCN3C)nc3c2O[C@@H](C)C(c2c(C)ccc4[nH]ncc24)N3C)C[C@@H]1CC#N. The number of nitrogens with one attached hydrogen (secondary N) is 1. The van der Waals surface area contributed by atoms with E-state index in [1.54, 1.807) is 4.90 Å². The van der Waals surface area contributed by atoms with Crippen molar-refractivity contribution in [2.45, 2.75) is 57.3 Å². The summed E-state index contributed by atoms with van der Waals surface area (Å²) in [4.78, 5) is 30.7. The van der Waals surface area contributed by atoms with Gasteiger partial charge in [0.05, 0.1) is 36.3 Å². The van der Waals surface area contributed by atoms with Crippen molar-refractivity contribution in [2.75, 3.05) is 56.7 Å². The monoisotopic (exact) mass is 585 g/mol. The lowest BCUT2D eigenvalue weighted by Crippen LogP contribution is -2.55. The van der Waals surface area contributed by atoms with Crippen molar-refractivity contribution in [3.05, 3.63) is 42.1 Å². The molecule has 0 aliphatic carbocycles. The minimum Gasteiger partial charge on any atom is -0.481 e. The van der Waals surface area contributed by atoms with E-state index in [1.165, 1.54) is 6.08 Å². The molecule has 0 spiro atoms. The van der Waals surface area contributed by atoms with Gasteiger partial charge in [0.15, 0.2) is 11.6 Å². The van der Waals surface area contributed by atoms with Crippen LogP contribution in [0, 0.1) is 18.3 Å². The highest BCUT2D eigenvalue weighted by Crippen LogP contribution is 2.47. The van der Waals surface area contributed by atoms with Gasteiger partial charge >= 0.3 is 6.01 Å². The molecule has 3 aliphatic rings. The Kier molecular flexibility index (Phi) is 7.83. The summed E-state index contributed by atoms with van der Waals surface area (Å²) in [5, 5.41) is 18.0. The van der Waals surface area contributed by atoms with Crippen molar-refractivity contribution in [2.24, 2.45) is 0 Å². The molecule has 2 fully saturated rings. The molecule has 3 aliphatic heterocycles.